The molecule has 0 saturated carbocycles. The average Bonchev–Trinajstić information content (AvgIpc) is 2.63. The van der Waals surface area contributed by atoms with Crippen LogP contribution in [-0.4, -0.2) is 32.1 Å². The number of amides is 2. The maximum Gasteiger partial charge on any atom is 0.255 e. The van der Waals surface area contributed by atoms with Crippen molar-refractivity contribution in [3.05, 3.63) is 40.9 Å². The molecular weight excluding hydrogens is 360 g/mol. The van der Waals surface area contributed by atoms with Gasteiger partial charge < -0.3 is 24.8 Å². The highest BCUT2D eigenvalue weighted by Gasteiger charge is 2.21. The maximum atomic E-state index is 12.6. The second kappa shape index (κ2) is 7.53. The third-order valence-corrected chi connectivity index (χ3v) is 3.95. The van der Waals surface area contributed by atoms with Gasteiger partial charge in [-0.25, -0.2) is 0 Å². The Morgan fingerprint density at radius 1 is 1.12 bits per heavy atom. The molecule has 0 unspecified atom stereocenters. The number of carbonyl (C=O) groups is 2. The Kier molecular flexibility index (Phi) is 5.18. The second-order valence-electron chi connectivity index (χ2n) is 5.53. The molecule has 0 saturated heterocycles. The molecule has 0 radical (unpaired) electrons. The van der Waals surface area contributed by atoms with Crippen molar-refractivity contribution in [3.63, 3.8) is 0 Å². The highest BCUT2D eigenvalue weighted by molar-refractivity contribution is 6.34. The minimum Gasteiger partial charge on any atom is -0.493 e. The molecule has 1 heterocycles. The SMILES string of the molecule is COc1cc(C(=O)Nc2cc(NC(C)=O)ccc2Cl)cc2c1OCCO2. The zero-order valence-corrected chi connectivity index (χ0v) is 15.0. The van der Waals surface area contributed by atoms with Gasteiger partial charge in [-0.05, 0) is 30.3 Å². The van der Waals surface area contributed by atoms with Crippen LogP contribution in [0.1, 0.15) is 17.3 Å². The summed E-state index contributed by atoms with van der Waals surface area (Å²) in [5.74, 6) is 0.702. The first-order chi connectivity index (χ1) is 12.5. The maximum absolute atomic E-state index is 12.6. The van der Waals surface area contributed by atoms with Gasteiger partial charge >= 0.3 is 0 Å². The van der Waals surface area contributed by atoms with Crippen molar-refractivity contribution in [2.75, 3.05) is 31.0 Å². The van der Waals surface area contributed by atoms with Crippen molar-refractivity contribution < 1.29 is 23.8 Å². The summed E-state index contributed by atoms with van der Waals surface area (Å²) in [4.78, 5) is 23.8. The first-order valence-electron chi connectivity index (χ1n) is 7.84. The molecule has 2 N–H and O–H groups in total. The van der Waals surface area contributed by atoms with E-state index in [2.05, 4.69) is 10.6 Å². The van der Waals surface area contributed by atoms with Crippen LogP contribution in [-0.2, 0) is 4.79 Å². The Morgan fingerprint density at radius 2 is 1.88 bits per heavy atom. The fraction of sp³-hybridized carbons (Fsp3) is 0.222. The number of rotatable bonds is 4. The van der Waals surface area contributed by atoms with E-state index in [1.807, 2.05) is 0 Å². The molecule has 3 rings (SSSR count). The van der Waals surface area contributed by atoms with E-state index < -0.39 is 5.91 Å². The molecule has 1 aliphatic rings. The van der Waals surface area contributed by atoms with E-state index in [1.54, 1.807) is 30.3 Å². The van der Waals surface area contributed by atoms with E-state index in [1.165, 1.54) is 14.0 Å². The third-order valence-electron chi connectivity index (χ3n) is 3.63. The lowest BCUT2D eigenvalue weighted by Gasteiger charge is -2.21. The van der Waals surface area contributed by atoms with Crippen LogP contribution in [0.3, 0.4) is 0 Å². The van der Waals surface area contributed by atoms with Gasteiger partial charge in [-0.2, -0.15) is 0 Å². The summed E-state index contributed by atoms with van der Waals surface area (Å²) in [5, 5.41) is 5.71. The number of anilines is 2. The van der Waals surface area contributed by atoms with E-state index in [-0.39, 0.29) is 5.91 Å². The number of hydrogen-bond donors (Lipinski definition) is 2. The van der Waals surface area contributed by atoms with Crippen molar-refractivity contribution in [2.24, 2.45) is 0 Å². The highest BCUT2D eigenvalue weighted by Crippen LogP contribution is 2.40. The lowest BCUT2D eigenvalue weighted by atomic mass is 10.1. The molecule has 0 atom stereocenters. The summed E-state index contributed by atoms with van der Waals surface area (Å²) in [6.07, 6.45) is 0. The quantitative estimate of drug-likeness (QED) is 0.854. The standard InChI is InChI=1S/C18H17ClN2O5/c1-10(22)20-12-3-4-13(19)14(9-12)21-18(23)11-7-15(24-2)17-16(8-11)25-5-6-26-17/h3-4,7-9H,5-6H2,1-2H3,(H,20,22)(H,21,23). The predicted molar refractivity (Wildman–Crippen MR) is 97.7 cm³/mol. The monoisotopic (exact) mass is 376 g/mol. The molecule has 8 heteroatoms. The zero-order chi connectivity index (χ0) is 18.7. The molecule has 2 aromatic carbocycles. The lowest BCUT2D eigenvalue weighted by Crippen LogP contribution is -2.18. The van der Waals surface area contributed by atoms with Crippen LogP contribution in [0, 0.1) is 0 Å². The Labute approximate surface area is 155 Å². The highest BCUT2D eigenvalue weighted by atomic mass is 35.5. The molecule has 7 nitrogen and oxygen atoms in total. The van der Waals surface area contributed by atoms with Gasteiger partial charge in [-0.3, -0.25) is 9.59 Å². The molecule has 2 amide bonds. The average molecular weight is 377 g/mol. The van der Waals surface area contributed by atoms with Gasteiger partial charge in [0.05, 0.1) is 17.8 Å². The normalized spacial score (nSPS) is 12.3. The number of halogens is 1. The molecular formula is C18H17ClN2O5. The summed E-state index contributed by atoms with van der Waals surface area (Å²) in [5.41, 5.74) is 1.22. The summed E-state index contributed by atoms with van der Waals surface area (Å²) in [6, 6.07) is 7.96. The third kappa shape index (κ3) is 3.83. The van der Waals surface area contributed by atoms with Crippen LogP contribution in [0.4, 0.5) is 11.4 Å². The van der Waals surface area contributed by atoms with Gasteiger partial charge in [-0.15, -0.1) is 0 Å². The van der Waals surface area contributed by atoms with Gasteiger partial charge in [0.2, 0.25) is 11.7 Å². The minimum atomic E-state index is -0.401. The number of hydrogen-bond acceptors (Lipinski definition) is 5. The topological polar surface area (TPSA) is 85.9 Å². The van der Waals surface area contributed by atoms with Crippen LogP contribution in [0.2, 0.25) is 5.02 Å². The number of fused-ring (bicyclic) bond motifs is 1. The largest absolute Gasteiger partial charge is 0.493 e. The van der Waals surface area contributed by atoms with E-state index in [0.717, 1.165) is 0 Å². The van der Waals surface area contributed by atoms with Crippen LogP contribution in [0.15, 0.2) is 30.3 Å². The summed E-state index contributed by atoms with van der Waals surface area (Å²) >= 11 is 6.14. The van der Waals surface area contributed by atoms with Crippen LogP contribution in [0.25, 0.3) is 0 Å². The van der Waals surface area contributed by atoms with Crippen molar-refractivity contribution in [1.82, 2.24) is 0 Å². The van der Waals surface area contributed by atoms with Gasteiger partial charge in [0.1, 0.15) is 13.2 Å². The predicted octanol–water partition coefficient (Wildman–Crippen LogP) is 3.33. The number of benzene rings is 2. The van der Waals surface area contributed by atoms with Crippen LogP contribution in [0.5, 0.6) is 17.2 Å². The van der Waals surface area contributed by atoms with Crippen molar-refractivity contribution in [1.29, 1.82) is 0 Å². The number of carbonyl (C=O) groups excluding carboxylic acids is 2. The first-order valence-corrected chi connectivity index (χ1v) is 8.22. The lowest BCUT2D eigenvalue weighted by molar-refractivity contribution is -0.114. The molecule has 0 fully saturated rings. The summed E-state index contributed by atoms with van der Waals surface area (Å²) < 4.78 is 16.3. The molecule has 0 aromatic heterocycles. The molecule has 136 valence electrons. The fourth-order valence-corrected chi connectivity index (χ4v) is 2.67. The van der Waals surface area contributed by atoms with E-state index in [4.69, 9.17) is 25.8 Å². The Morgan fingerprint density at radius 3 is 2.62 bits per heavy atom. The van der Waals surface area contributed by atoms with E-state index in [9.17, 15) is 9.59 Å². The molecule has 1 aliphatic heterocycles. The molecule has 0 aliphatic carbocycles. The Bertz CT molecular complexity index is 852. The smallest absolute Gasteiger partial charge is 0.255 e. The minimum absolute atomic E-state index is 0.221. The summed E-state index contributed by atoms with van der Waals surface area (Å²) in [7, 11) is 1.49. The van der Waals surface area contributed by atoms with Crippen molar-refractivity contribution in [3.8, 4) is 17.2 Å². The zero-order valence-electron chi connectivity index (χ0n) is 14.2. The Hall–Kier alpha value is -2.93. The van der Waals surface area contributed by atoms with E-state index in [0.29, 0.717) is 52.4 Å². The van der Waals surface area contributed by atoms with Gasteiger partial charge in [0, 0.05) is 18.2 Å². The molecule has 0 bridgehead atoms. The van der Waals surface area contributed by atoms with Crippen LogP contribution >= 0.6 is 11.6 Å². The Balaban J connectivity index is 1.87. The number of nitrogens with one attached hydrogen (secondary N) is 2. The molecule has 2 aromatic rings. The van der Waals surface area contributed by atoms with Gasteiger partial charge in [0.15, 0.2) is 11.5 Å². The van der Waals surface area contributed by atoms with Gasteiger partial charge in [0.25, 0.3) is 5.91 Å². The van der Waals surface area contributed by atoms with Crippen LogP contribution < -0.4 is 24.8 Å². The van der Waals surface area contributed by atoms with Crippen molar-refractivity contribution in [2.45, 2.75) is 6.92 Å². The molecule has 0 spiro atoms. The van der Waals surface area contributed by atoms with Crippen molar-refractivity contribution >= 4 is 34.8 Å². The molecule has 26 heavy (non-hydrogen) atoms. The van der Waals surface area contributed by atoms with Gasteiger partial charge in [-0.1, -0.05) is 11.6 Å². The number of methoxy groups -OCH3 is 1. The van der Waals surface area contributed by atoms with E-state index >= 15 is 0 Å². The second-order valence-corrected chi connectivity index (χ2v) is 5.94. The first kappa shape index (κ1) is 17.9. The fourth-order valence-electron chi connectivity index (χ4n) is 2.50. The number of ether oxygens (including phenoxy) is 3. The summed E-state index contributed by atoms with van der Waals surface area (Å²) in [6.45, 7) is 2.21.